The number of rotatable bonds is 4. The highest BCUT2D eigenvalue weighted by atomic mass is 19.1. The van der Waals surface area contributed by atoms with Gasteiger partial charge in [0.1, 0.15) is 17.1 Å². The van der Waals surface area contributed by atoms with Gasteiger partial charge in [-0.3, -0.25) is 9.89 Å². The van der Waals surface area contributed by atoms with Gasteiger partial charge in [-0.2, -0.15) is 5.10 Å². The summed E-state index contributed by atoms with van der Waals surface area (Å²) in [6.45, 7) is 0.548. The third kappa shape index (κ3) is 3.13. The van der Waals surface area contributed by atoms with Gasteiger partial charge in [-0.15, -0.1) is 0 Å². The number of carbonyl (C=O) groups is 2. The summed E-state index contributed by atoms with van der Waals surface area (Å²) in [7, 11) is 0. The smallest absolute Gasteiger partial charge is 0.329 e. The molecule has 0 bridgehead atoms. The van der Waals surface area contributed by atoms with Crippen LogP contribution in [0.25, 0.3) is 11.3 Å². The highest BCUT2D eigenvalue weighted by molar-refractivity contribution is 5.97. The standard InChI is InChI=1S/C16H16FN3O4/c17-11-3-1-10(2-4-11)12-9-13(20-19-12)14(21)18-16(15(22)23)5-7-24-8-6-16/h1-4,9H,5-8H2,(H,18,21)(H,19,20)(H,22,23). The lowest BCUT2D eigenvalue weighted by Crippen LogP contribution is -2.57. The maximum absolute atomic E-state index is 13.0. The number of halogens is 1. The molecule has 0 radical (unpaired) electrons. The van der Waals surface area contributed by atoms with Crippen LogP contribution in [0.1, 0.15) is 23.3 Å². The van der Waals surface area contributed by atoms with Gasteiger partial charge in [0, 0.05) is 31.6 Å². The SMILES string of the molecule is O=C(NC1(C(=O)O)CCOCC1)c1cc(-c2ccc(F)cc2)n[nH]1. The van der Waals surface area contributed by atoms with Crippen molar-refractivity contribution >= 4 is 11.9 Å². The molecule has 0 aliphatic carbocycles. The normalized spacial score (nSPS) is 16.5. The van der Waals surface area contributed by atoms with E-state index in [9.17, 15) is 19.1 Å². The Morgan fingerprint density at radius 3 is 2.54 bits per heavy atom. The van der Waals surface area contributed by atoms with Crippen molar-refractivity contribution < 1.29 is 23.8 Å². The van der Waals surface area contributed by atoms with Crippen molar-refractivity contribution in [3.8, 4) is 11.3 Å². The van der Waals surface area contributed by atoms with Crippen molar-refractivity contribution in [2.75, 3.05) is 13.2 Å². The Labute approximate surface area is 136 Å². The predicted molar refractivity (Wildman–Crippen MR) is 81.9 cm³/mol. The number of H-pyrrole nitrogens is 1. The Kier molecular flexibility index (Phi) is 4.30. The number of hydrogen-bond acceptors (Lipinski definition) is 4. The molecule has 0 atom stereocenters. The third-order valence-electron chi connectivity index (χ3n) is 4.07. The van der Waals surface area contributed by atoms with Crippen LogP contribution >= 0.6 is 0 Å². The summed E-state index contributed by atoms with van der Waals surface area (Å²) in [5.74, 6) is -2.01. The molecule has 3 N–H and O–H groups in total. The van der Waals surface area contributed by atoms with Gasteiger partial charge in [0.05, 0.1) is 5.69 Å². The van der Waals surface area contributed by atoms with Crippen molar-refractivity contribution in [2.45, 2.75) is 18.4 Å². The van der Waals surface area contributed by atoms with E-state index in [0.29, 0.717) is 11.3 Å². The molecule has 126 valence electrons. The number of amides is 1. The molecule has 1 aromatic carbocycles. The lowest BCUT2D eigenvalue weighted by Gasteiger charge is -2.33. The molecule has 1 aliphatic rings. The van der Waals surface area contributed by atoms with Crippen LogP contribution in [0.5, 0.6) is 0 Å². The third-order valence-corrected chi connectivity index (χ3v) is 4.07. The molecule has 1 amide bonds. The molecule has 0 spiro atoms. The van der Waals surface area contributed by atoms with Crippen molar-refractivity contribution in [3.63, 3.8) is 0 Å². The number of benzene rings is 1. The zero-order chi connectivity index (χ0) is 17.2. The molecular formula is C16H16FN3O4. The first-order valence-electron chi connectivity index (χ1n) is 7.45. The fraction of sp³-hybridized carbons (Fsp3) is 0.312. The number of nitrogens with one attached hydrogen (secondary N) is 2. The first-order valence-corrected chi connectivity index (χ1v) is 7.45. The van der Waals surface area contributed by atoms with Crippen LogP contribution < -0.4 is 5.32 Å². The summed E-state index contributed by atoms with van der Waals surface area (Å²) in [5.41, 5.74) is -0.0834. The van der Waals surface area contributed by atoms with Crippen molar-refractivity contribution in [3.05, 3.63) is 41.8 Å². The fourth-order valence-corrected chi connectivity index (χ4v) is 2.60. The number of carbonyl (C=O) groups excluding carboxylic acids is 1. The zero-order valence-corrected chi connectivity index (χ0v) is 12.7. The van der Waals surface area contributed by atoms with Gasteiger partial charge >= 0.3 is 5.97 Å². The number of carboxylic acid groups (broad SMARTS) is 1. The maximum atomic E-state index is 13.0. The highest BCUT2D eigenvalue weighted by Gasteiger charge is 2.42. The number of carboxylic acids is 1. The lowest BCUT2D eigenvalue weighted by molar-refractivity contribution is -0.148. The zero-order valence-electron chi connectivity index (χ0n) is 12.7. The average Bonchev–Trinajstić information content (AvgIpc) is 3.06. The predicted octanol–water partition coefficient (Wildman–Crippen LogP) is 1.58. The van der Waals surface area contributed by atoms with Crippen LogP contribution in [0.15, 0.2) is 30.3 Å². The molecule has 1 fully saturated rings. The summed E-state index contributed by atoms with van der Waals surface area (Å²) in [6.07, 6.45) is 0.403. The Bertz CT molecular complexity index is 751. The second-order valence-electron chi connectivity index (χ2n) is 5.63. The van der Waals surface area contributed by atoms with Crippen LogP contribution in [-0.4, -0.2) is 45.9 Å². The van der Waals surface area contributed by atoms with E-state index in [0.717, 1.165) is 0 Å². The number of aliphatic carboxylic acids is 1. The number of nitrogens with zero attached hydrogens (tertiary/aromatic N) is 1. The Morgan fingerprint density at radius 1 is 1.25 bits per heavy atom. The van der Waals surface area contributed by atoms with Gasteiger partial charge in [-0.1, -0.05) is 0 Å². The molecule has 24 heavy (non-hydrogen) atoms. The van der Waals surface area contributed by atoms with E-state index in [1.54, 1.807) is 12.1 Å². The van der Waals surface area contributed by atoms with Gasteiger partial charge in [-0.25, -0.2) is 9.18 Å². The van der Waals surface area contributed by atoms with Gasteiger partial charge in [-0.05, 0) is 30.3 Å². The van der Waals surface area contributed by atoms with Crippen LogP contribution in [-0.2, 0) is 9.53 Å². The van der Waals surface area contributed by atoms with Crippen molar-refractivity contribution in [2.24, 2.45) is 0 Å². The van der Waals surface area contributed by atoms with E-state index in [-0.39, 0.29) is 37.6 Å². The second-order valence-corrected chi connectivity index (χ2v) is 5.63. The minimum atomic E-state index is -1.34. The van der Waals surface area contributed by atoms with Gasteiger partial charge in [0.2, 0.25) is 0 Å². The van der Waals surface area contributed by atoms with Crippen molar-refractivity contribution in [1.82, 2.24) is 15.5 Å². The van der Waals surface area contributed by atoms with E-state index in [4.69, 9.17) is 4.74 Å². The van der Waals surface area contributed by atoms with E-state index in [2.05, 4.69) is 15.5 Å². The largest absolute Gasteiger partial charge is 0.480 e. The summed E-state index contributed by atoms with van der Waals surface area (Å²) in [5, 5.41) is 18.6. The summed E-state index contributed by atoms with van der Waals surface area (Å²) >= 11 is 0. The number of hydrogen-bond donors (Lipinski definition) is 3. The van der Waals surface area contributed by atoms with Crippen LogP contribution in [0, 0.1) is 5.82 Å². The number of aromatic amines is 1. The summed E-state index contributed by atoms with van der Waals surface area (Å²) < 4.78 is 18.1. The Hall–Kier alpha value is -2.74. The van der Waals surface area contributed by atoms with Gasteiger partial charge in [0.15, 0.2) is 0 Å². The Balaban J connectivity index is 1.78. The molecule has 0 saturated carbocycles. The minimum Gasteiger partial charge on any atom is -0.480 e. The molecule has 1 aliphatic heterocycles. The van der Waals surface area contributed by atoms with Gasteiger partial charge in [0.25, 0.3) is 5.91 Å². The quantitative estimate of drug-likeness (QED) is 0.788. The Morgan fingerprint density at radius 2 is 1.92 bits per heavy atom. The fourth-order valence-electron chi connectivity index (χ4n) is 2.60. The van der Waals surface area contributed by atoms with Crippen molar-refractivity contribution in [1.29, 1.82) is 0 Å². The average molecular weight is 333 g/mol. The van der Waals surface area contributed by atoms with Gasteiger partial charge < -0.3 is 15.2 Å². The van der Waals surface area contributed by atoms with E-state index in [1.807, 2.05) is 0 Å². The number of ether oxygens (including phenoxy) is 1. The molecule has 3 rings (SSSR count). The van der Waals surface area contributed by atoms with E-state index < -0.39 is 17.4 Å². The molecule has 1 aromatic heterocycles. The first-order chi connectivity index (χ1) is 11.5. The maximum Gasteiger partial charge on any atom is 0.329 e. The van der Waals surface area contributed by atoms with Crippen LogP contribution in [0.2, 0.25) is 0 Å². The minimum absolute atomic E-state index is 0.140. The van der Waals surface area contributed by atoms with E-state index in [1.165, 1.54) is 18.2 Å². The highest BCUT2D eigenvalue weighted by Crippen LogP contribution is 2.23. The monoisotopic (exact) mass is 333 g/mol. The molecule has 7 nitrogen and oxygen atoms in total. The van der Waals surface area contributed by atoms with Crippen LogP contribution in [0.3, 0.4) is 0 Å². The molecule has 1 saturated heterocycles. The molecule has 8 heteroatoms. The second kappa shape index (κ2) is 6.40. The molecular weight excluding hydrogens is 317 g/mol. The van der Waals surface area contributed by atoms with Crippen LogP contribution in [0.4, 0.5) is 4.39 Å². The van der Waals surface area contributed by atoms with E-state index >= 15 is 0 Å². The summed E-state index contributed by atoms with van der Waals surface area (Å²) in [6, 6.07) is 7.18. The molecule has 2 heterocycles. The molecule has 0 unspecified atom stereocenters. The summed E-state index contributed by atoms with van der Waals surface area (Å²) in [4.78, 5) is 23.9. The molecule has 2 aromatic rings. The lowest BCUT2D eigenvalue weighted by atomic mass is 9.90. The topological polar surface area (TPSA) is 104 Å². The first kappa shape index (κ1) is 16.1. The number of aromatic nitrogens is 2.